The molecular weight excluding hydrogens is 436 g/mol. The van der Waals surface area contributed by atoms with Crippen molar-refractivity contribution in [1.29, 1.82) is 0 Å². The summed E-state index contributed by atoms with van der Waals surface area (Å²) in [5.74, 6) is -0.227. The number of amides is 1. The van der Waals surface area contributed by atoms with Crippen LogP contribution in [0, 0.1) is 20.8 Å². The number of carbonyl (C=O) groups is 1. The average Bonchev–Trinajstić information content (AvgIpc) is 3.08. The van der Waals surface area contributed by atoms with Crippen molar-refractivity contribution in [2.24, 2.45) is 0 Å². The summed E-state index contributed by atoms with van der Waals surface area (Å²) < 4.78 is 29.2. The van der Waals surface area contributed by atoms with Crippen LogP contribution in [0.2, 0.25) is 0 Å². The van der Waals surface area contributed by atoms with Gasteiger partial charge in [0.05, 0.1) is 16.3 Å². The molecule has 0 radical (unpaired) electrons. The van der Waals surface area contributed by atoms with Crippen molar-refractivity contribution in [3.05, 3.63) is 76.6 Å². The van der Waals surface area contributed by atoms with Crippen LogP contribution in [0.4, 0.5) is 0 Å². The fourth-order valence-corrected chi connectivity index (χ4v) is 5.43. The lowest BCUT2D eigenvalue weighted by atomic mass is 10.1. The number of para-hydroxylation sites is 1. The van der Waals surface area contributed by atoms with Crippen molar-refractivity contribution in [2.75, 3.05) is 20.1 Å². The average molecular weight is 469 g/mol. The van der Waals surface area contributed by atoms with Gasteiger partial charge in [-0.1, -0.05) is 38.1 Å². The Bertz CT molecular complexity index is 1250. The molecule has 0 unspecified atom stereocenters. The molecule has 0 saturated carbocycles. The smallest absolute Gasteiger partial charge is 0.254 e. The number of hydrogen-bond acceptors (Lipinski definition) is 4. The third-order valence-electron chi connectivity index (χ3n) is 5.97. The van der Waals surface area contributed by atoms with Crippen molar-refractivity contribution >= 4 is 15.9 Å². The molecule has 2 aromatic carbocycles. The van der Waals surface area contributed by atoms with Gasteiger partial charge in [0.25, 0.3) is 5.91 Å². The molecule has 0 aliphatic heterocycles. The predicted molar refractivity (Wildman–Crippen MR) is 130 cm³/mol. The fourth-order valence-electron chi connectivity index (χ4n) is 3.94. The van der Waals surface area contributed by atoms with E-state index in [9.17, 15) is 13.2 Å². The number of aromatic nitrogens is 2. The largest absolute Gasteiger partial charge is 0.337 e. The van der Waals surface area contributed by atoms with Crippen LogP contribution in [0.25, 0.3) is 5.69 Å². The third kappa shape index (κ3) is 4.86. The normalized spacial score (nSPS) is 11.7. The highest BCUT2D eigenvalue weighted by atomic mass is 32.2. The van der Waals surface area contributed by atoms with Gasteiger partial charge >= 0.3 is 0 Å². The first-order valence-corrected chi connectivity index (χ1v) is 12.5. The maximum absolute atomic E-state index is 13.3. The molecule has 0 aliphatic carbocycles. The number of carbonyl (C=O) groups excluding carboxylic acids is 1. The van der Waals surface area contributed by atoms with Gasteiger partial charge in [0, 0.05) is 43.5 Å². The van der Waals surface area contributed by atoms with Crippen molar-refractivity contribution in [3.63, 3.8) is 0 Å². The first-order chi connectivity index (χ1) is 15.6. The van der Waals surface area contributed by atoms with Crippen molar-refractivity contribution < 1.29 is 13.2 Å². The van der Waals surface area contributed by atoms with E-state index in [2.05, 4.69) is 5.10 Å². The predicted octanol–water partition coefficient (Wildman–Crippen LogP) is 4.10. The van der Waals surface area contributed by atoms with Gasteiger partial charge in [-0.05, 0) is 50.6 Å². The molecule has 176 valence electrons. The minimum absolute atomic E-state index is 0.137. The first kappa shape index (κ1) is 24.7. The third-order valence-corrected chi connectivity index (χ3v) is 8.01. The number of nitrogens with zero attached hydrogens (tertiary/aromatic N) is 4. The van der Waals surface area contributed by atoms with Gasteiger partial charge in [-0.25, -0.2) is 13.1 Å². The zero-order valence-electron chi connectivity index (χ0n) is 20.2. The molecule has 33 heavy (non-hydrogen) atoms. The Hall–Kier alpha value is -2.97. The monoisotopic (exact) mass is 468 g/mol. The van der Waals surface area contributed by atoms with Gasteiger partial charge in [-0.15, -0.1) is 0 Å². The summed E-state index contributed by atoms with van der Waals surface area (Å²) in [7, 11) is -1.92. The van der Waals surface area contributed by atoms with Gasteiger partial charge in [0.1, 0.15) is 0 Å². The summed E-state index contributed by atoms with van der Waals surface area (Å²) in [6, 6.07) is 14.6. The Kier molecular flexibility index (Phi) is 7.39. The molecule has 3 aromatic rings. The highest BCUT2D eigenvalue weighted by molar-refractivity contribution is 7.89. The standard InChI is InChI=1S/C25H32N4O3S/c1-7-28(8-2)33(31,32)22-15-14-18(3)23(16-22)25(30)27(6)17-24-19(4)26-29(20(24)5)21-12-10-9-11-13-21/h9-16H,7-8,17H2,1-6H3. The van der Waals surface area contributed by atoms with E-state index in [1.165, 1.54) is 10.4 Å². The molecule has 0 fully saturated rings. The molecule has 0 atom stereocenters. The van der Waals surface area contributed by atoms with Crippen molar-refractivity contribution in [3.8, 4) is 5.69 Å². The SMILES string of the molecule is CCN(CC)S(=O)(=O)c1ccc(C)c(C(=O)N(C)Cc2c(C)nn(-c3ccccc3)c2C)c1. The van der Waals surface area contributed by atoms with E-state index in [1.54, 1.807) is 37.9 Å². The number of aryl methyl sites for hydroxylation is 2. The Morgan fingerprint density at radius 1 is 1.00 bits per heavy atom. The molecule has 0 spiro atoms. The van der Waals surface area contributed by atoms with E-state index in [-0.39, 0.29) is 10.8 Å². The van der Waals surface area contributed by atoms with Crippen LogP contribution in [-0.2, 0) is 16.6 Å². The molecule has 8 heteroatoms. The second kappa shape index (κ2) is 9.89. The molecule has 0 bridgehead atoms. The van der Waals surface area contributed by atoms with E-state index < -0.39 is 10.0 Å². The highest BCUT2D eigenvalue weighted by Crippen LogP contribution is 2.23. The topological polar surface area (TPSA) is 75.5 Å². The molecule has 0 N–H and O–H groups in total. The summed E-state index contributed by atoms with van der Waals surface area (Å²) >= 11 is 0. The van der Waals surface area contributed by atoms with Crippen LogP contribution in [0.3, 0.4) is 0 Å². The van der Waals surface area contributed by atoms with Crippen molar-refractivity contribution in [2.45, 2.75) is 46.1 Å². The number of benzene rings is 2. The number of hydrogen-bond donors (Lipinski definition) is 0. The lowest BCUT2D eigenvalue weighted by Crippen LogP contribution is -2.31. The molecule has 0 aliphatic rings. The van der Waals surface area contributed by atoms with E-state index in [0.717, 1.165) is 28.2 Å². The molecule has 0 saturated heterocycles. The summed E-state index contributed by atoms with van der Waals surface area (Å²) in [6.45, 7) is 10.5. The van der Waals surface area contributed by atoms with Gasteiger partial charge in [-0.3, -0.25) is 4.79 Å². The first-order valence-electron chi connectivity index (χ1n) is 11.1. The number of sulfonamides is 1. The van der Waals surface area contributed by atoms with Gasteiger partial charge < -0.3 is 4.90 Å². The second-order valence-electron chi connectivity index (χ2n) is 8.12. The summed E-state index contributed by atoms with van der Waals surface area (Å²) in [4.78, 5) is 15.1. The van der Waals surface area contributed by atoms with E-state index in [4.69, 9.17) is 0 Å². The van der Waals surface area contributed by atoms with Gasteiger partial charge in [-0.2, -0.15) is 9.40 Å². The Morgan fingerprint density at radius 3 is 2.24 bits per heavy atom. The summed E-state index contributed by atoms with van der Waals surface area (Å²) in [6.07, 6.45) is 0. The maximum atomic E-state index is 13.3. The molecule has 1 amide bonds. The van der Waals surface area contributed by atoms with Crippen LogP contribution in [-0.4, -0.2) is 53.4 Å². The van der Waals surface area contributed by atoms with Crippen LogP contribution >= 0.6 is 0 Å². The summed E-state index contributed by atoms with van der Waals surface area (Å²) in [5, 5.41) is 4.66. The second-order valence-corrected chi connectivity index (χ2v) is 10.1. The van der Waals surface area contributed by atoms with Gasteiger partial charge in [0.2, 0.25) is 10.0 Å². The number of rotatable bonds is 8. The van der Waals surface area contributed by atoms with Crippen LogP contribution in [0.15, 0.2) is 53.4 Å². The fraction of sp³-hybridized carbons (Fsp3) is 0.360. The maximum Gasteiger partial charge on any atom is 0.254 e. The molecule has 3 rings (SSSR count). The van der Waals surface area contributed by atoms with Crippen LogP contribution in [0.5, 0.6) is 0 Å². The molecule has 7 nitrogen and oxygen atoms in total. The van der Waals surface area contributed by atoms with E-state index >= 15 is 0 Å². The Labute approximate surface area is 196 Å². The molecular formula is C25H32N4O3S. The van der Waals surface area contributed by atoms with Gasteiger partial charge in [0.15, 0.2) is 0 Å². The van der Waals surface area contributed by atoms with Crippen molar-refractivity contribution in [1.82, 2.24) is 19.0 Å². The molecule has 1 heterocycles. The van der Waals surface area contributed by atoms with E-state index in [1.807, 2.05) is 55.8 Å². The Balaban J connectivity index is 1.91. The highest BCUT2D eigenvalue weighted by Gasteiger charge is 2.25. The lowest BCUT2D eigenvalue weighted by Gasteiger charge is -2.21. The van der Waals surface area contributed by atoms with E-state index in [0.29, 0.717) is 25.2 Å². The summed E-state index contributed by atoms with van der Waals surface area (Å²) in [5.41, 5.74) is 4.87. The minimum Gasteiger partial charge on any atom is -0.337 e. The Morgan fingerprint density at radius 2 is 1.64 bits per heavy atom. The lowest BCUT2D eigenvalue weighted by molar-refractivity contribution is 0.0783. The quantitative estimate of drug-likeness (QED) is 0.499. The zero-order valence-corrected chi connectivity index (χ0v) is 21.0. The van der Waals surface area contributed by atoms with Crippen LogP contribution < -0.4 is 0 Å². The minimum atomic E-state index is -3.65. The van der Waals surface area contributed by atoms with Crippen LogP contribution in [0.1, 0.15) is 46.7 Å². The molecule has 1 aromatic heterocycles. The zero-order chi connectivity index (χ0) is 24.3.